The number of nitrogens with zero attached hydrogens (tertiary/aromatic N) is 2. The number of fused-ring (bicyclic) bond motifs is 1. The van der Waals surface area contributed by atoms with E-state index in [0.29, 0.717) is 12.6 Å². The molecule has 4 heteroatoms. The molecule has 0 saturated carbocycles. The first kappa shape index (κ1) is 14.8. The molecule has 0 amide bonds. The number of pyridine rings is 1. The zero-order chi connectivity index (χ0) is 14.7. The van der Waals surface area contributed by atoms with E-state index in [1.165, 1.54) is 36.1 Å². The van der Waals surface area contributed by atoms with Crippen LogP contribution in [0.4, 0.5) is 5.82 Å². The van der Waals surface area contributed by atoms with Gasteiger partial charge in [-0.05, 0) is 57.1 Å². The zero-order valence-electron chi connectivity index (χ0n) is 13.1. The van der Waals surface area contributed by atoms with Crippen LogP contribution in [0, 0.1) is 0 Å². The first-order chi connectivity index (χ1) is 10.3. The van der Waals surface area contributed by atoms with Gasteiger partial charge in [-0.1, -0.05) is 0 Å². The number of piperidine rings is 1. The minimum Gasteiger partial charge on any atom is -0.378 e. The van der Waals surface area contributed by atoms with Crippen LogP contribution < -0.4 is 10.6 Å². The molecule has 1 fully saturated rings. The van der Waals surface area contributed by atoms with Crippen LogP contribution in [0.5, 0.6) is 0 Å². The van der Waals surface area contributed by atoms with E-state index in [1.54, 1.807) is 0 Å². The molecular weight excluding hydrogens is 262 g/mol. The average Bonchev–Trinajstić information content (AvgIpc) is 2.54. The maximum atomic E-state index is 5.97. The molecule has 1 aromatic rings. The van der Waals surface area contributed by atoms with Gasteiger partial charge in [0.15, 0.2) is 0 Å². The molecule has 1 aliphatic heterocycles. The molecular formula is C17H27N3O. The molecule has 0 unspecified atom stereocenters. The predicted molar refractivity (Wildman–Crippen MR) is 85.6 cm³/mol. The molecule has 1 aliphatic carbocycles. The van der Waals surface area contributed by atoms with Crippen molar-refractivity contribution in [3.05, 3.63) is 22.9 Å². The number of aryl methyl sites for hydroxylation is 2. The highest BCUT2D eigenvalue weighted by Gasteiger charge is 2.23. The number of aromatic nitrogens is 1. The van der Waals surface area contributed by atoms with Crippen molar-refractivity contribution in [2.75, 3.05) is 24.6 Å². The molecule has 0 bridgehead atoms. The zero-order valence-corrected chi connectivity index (χ0v) is 13.1. The Morgan fingerprint density at radius 3 is 2.76 bits per heavy atom. The number of anilines is 1. The maximum Gasteiger partial charge on any atom is 0.133 e. The summed E-state index contributed by atoms with van der Waals surface area (Å²) >= 11 is 0. The summed E-state index contributed by atoms with van der Waals surface area (Å²) in [6.45, 7) is 5.54. The minimum absolute atomic E-state index is 0.421. The SMILES string of the molecule is CCOC1CCN(c2nc3c(cc2CN)CCCC3)CC1. The highest BCUT2D eigenvalue weighted by atomic mass is 16.5. The number of rotatable bonds is 4. The van der Waals surface area contributed by atoms with E-state index in [4.69, 9.17) is 15.5 Å². The number of hydrogen-bond donors (Lipinski definition) is 1. The Morgan fingerprint density at radius 1 is 1.29 bits per heavy atom. The number of hydrogen-bond acceptors (Lipinski definition) is 4. The molecule has 0 radical (unpaired) electrons. The van der Waals surface area contributed by atoms with Gasteiger partial charge in [-0.25, -0.2) is 4.98 Å². The van der Waals surface area contributed by atoms with Crippen molar-refractivity contribution in [3.8, 4) is 0 Å². The summed E-state index contributed by atoms with van der Waals surface area (Å²) < 4.78 is 5.74. The second-order valence-electron chi connectivity index (χ2n) is 6.13. The van der Waals surface area contributed by atoms with Gasteiger partial charge in [0.05, 0.1) is 6.10 Å². The first-order valence-electron chi connectivity index (χ1n) is 8.40. The van der Waals surface area contributed by atoms with Gasteiger partial charge in [0.2, 0.25) is 0 Å². The summed E-state index contributed by atoms with van der Waals surface area (Å²) in [7, 11) is 0. The third kappa shape index (κ3) is 3.22. The lowest BCUT2D eigenvalue weighted by molar-refractivity contribution is 0.0458. The van der Waals surface area contributed by atoms with Crippen molar-refractivity contribution in [1.82, 2.24) is 4.98 Å². The van der Waals surface area contributed by atoms with Crippen LogP contribution in [0.25, 0.3) is 0 Å². The van der Waals surface area contributed by atoms with Crippen LogP contribution >= 0.6 is 0 Å². The number of ether oxygens (including phenoxy) is 1. The van der Waals surface area contributed by atoms with Gasteiger partial charge in [0.25, 0.3) is 0 Å². The fourth-order valence-corrected chi connectivity index (χ4v) is 3.56. The van der Waals surface area contributed by atoms with Crippen LogP contribution in [0.2, 0.25) is 0 Å². The van der Waals surface area contributed by atoms with Gasteiger partial charge in [-0.2, -0.15) is 0 Å². The van der Waals surface area contributed by atoms with Gasteiger partial charge in [0.1, 0.15) is 5.82 Å². The molecule has 0 aromatic carbocycles. The van der Waals surface area contributed by atoms with E-state index in [0.717, 1.165) is 44.8 Å². The van der Waals surface area contributed by atoms with Crippen molar-refractivity contribution in [2.24, 2.45) is 5.73 Å². The van der Waals surface area contributed by atoms with Crippen LogP contribution in [-0.4, -0.2) is 30.8 Å². The smallest absolute Gasteiger partial charge is 0.133 e. The average molecular weight is 289 g/mol. The van der Waals surface area contributed by atoms with E-state index < -0.39 is 0 Å². The van der Waals surface area contributed by atoms with E-state index >= 15 is 0 Å². The number of nitrogens with two attached hydrogens (primary N) is 1. The predicted octanol–water partition coefficient (Wildman–Crippen LogP) is 2.42. The van der Waals surface area contributed by atoms with Crippen LogP contribution in [-0.2, 0) is 24.1 Å². The molecule has 3 rings (SSSR count). The molecule has 2 aliphatic rings. The fraction of sp³-hybridized carbons (Fsp3) is 0.706. The van der Waals surface area contributed by atoms with Crippen molar-refractivity contribution in [3.63, 3.8) is 0 Å². The molecule has 2 heterocycles. The van der Waals surface area contributed by atoms with Gasteiger partial charge in [0, 0.05) is 37.5 Å². The molecule has 0 atom stereocenters. The minimum atomic E-state index is 0.421. The Labute approximate surface area is 127 Å². The molecule has 1 aromatic heterocycles. The second-order valence-corrected chi connectivity index (χ2v) is 6.13. The Kier molecular flexibility index (Phi) is 4.76. The summed E-state index contributed by atoms with van der Waals surface area (Å²) in [5, 5.41) is 0. The van der Waals surface area contributed by atoms with Crippen molar-refractivity contribution >= 4 is 5.82 Å². The highest BCUT2D eigenvalue weighted by Crippen LogP contribution is 2.28. The van der Waals surface area contributed by atoms with Gasteiger partial charge in [-0.3, -0.25) is 0 Å². The normalized spacial score (nSPS) is 19.6. The van der Waals surface area contributed by atoms with Gasteiger partial charge >= 0.3 is 0 Å². The lowest BCUT2D eigenvalue weighted by Gasteiger charge is -2.34. The van der Waals surface area contributed by atoms with E-state index in [-0.39, 0.29) is 0 Å². The summed E-state index contributed by atoms with van der Waals surface area (Å²) in [6.07, 6.45) is 7.47. The molecule has 0 spiro atoms. The van der Waals surface area contributed by atoms with Crippen LogP contribution in [0.1, 0.15) is 49.4 Å². The van der Waals surface area contributed by atoms with E-state index in [2.05, 4.69) is 17.9 Å². The molecule has 2 N–H and O–H groups in total. The summed E-state index contributed by atoms with van der Waals surface area (Å²) in [5.41, 5.74) is 9.92. The third-order valence-electron chi connectivity index (χ3n) is 4.72. The topological polar surface area (TPSA) is 51.4 Å². The Balaban J connectivity index is 1.78. The molecule has 1 saturated heterocycles. The lowest BCUT2D eigenvalue weighted by Crippen LogP contribution is -2.38. The highest BCUT2D eigenvalue weighted by molar-refractivity contribution is 5.51. The Morgan fingerprint density at radius 2 is 2.05 bits per heavy atom. The summed E-state index contributed by atoms with van der Waals surface area (Å²) in [5.74, 6) is 1.13. The van der Waals surface area contributed by atoms with Crippen LogP contribution in [0.15, 0.2) is 6.07 Å². The quantitative estimate of drug-likeness (QED) is 0.925. The fourth-order valence-electron chi connectivity index (χ4n) is 3.56. The van der Waals surface area contributed by atoms with Crippen molar-refractivity contribution < 1.29 is 4.74 Å². The molecule has 116 valence electrons. The Hall–Kier alpha value is -1.13. The lowest BCUT2D eigenvalue weighted by atomic mass is 9.94. The largest absolute Gasteiger partial charge is 0.378 e. The van der Waals surface area contributed by atoms with E-state index in [1.807, 2.05) is 0 Å². The van der Waals surface area contributed by atoms with Crippen LogP contribution in [0.3, 0.4) is 0 Å². The second kappa shape index (κ2) is 6.75. The summed E-state index contributed by atoms with van der Waals surface area (Å²) in [6, 6.07) is 2.31. The standard InChI is InChI=1S/C17H27N3O/c1-2-21-15-7-9-20(10-8-15)17-14(12-18)11-13-5-3-4-6-16(13)19-17/h11,15H,2-10,12,18H2,1H3. The molecule has 21 heavy (non-hydrogen) atoms. The van der Waals surface area contributed by atoms with Gasteiger partial charge in [-0.15, -0.1) is 0 Å². The van der Waals surface area contributed by atoms with E-state index in [9.17, 15) is 0 Å². The van der Waals surface area contributed by atoms with Gasteiger partial charge < -0.3 is 15.4 Å². The monoisotopic (exact) mass is 289 g/mol. The Bertz CT molecular complexity index is 481. The van der Waals surface area contributed by atoms with Crippen molar-refractivity contribution in [1.29, 1.82) is 0 Å². The van der Waals surface area contributed by atoms with Crippen molar-refractivity contribution in [2.45, 2.75) is 58.1 Å². The molecule has 4 nitrogen and oxygen atoms in total. The first-order valence-corrected chi connectivity index (χ1v) is 8.40. The maximum absolute atomic E-state index is 5.97. The third-order valence-corrected chi connectivity index (χ3v) is 4.72. The summed E-state index contributed by atoms with van der Waals surface area (Å²) in [4.78, 5) is 7.39.